The third-order valence-electron chi connectivity index (χ3n) is 5.80. The molecule has 0 bridgehead atoms. The molecule has 0 spiro atoms. The van der Waals surface area contributed by atoms with E-state index in [1.165, 1.54) is 42.7 Å². The second-order valence-corrected chi connectivity index (χ2v) is 8.16. The SMILES string of the molecule is O=C(Nc1cc2cc(-c3cncc(CN4CCCC4)c3)ccc2cn1)c1ccc(F)cc1. The van der Waals surface area contributed by atoms with Crippen LogP contribution in [-0.4, -0.2) is 33.9 Å². The molecule has 160 valence electrons. The fourth-order valence-electron chi connectivity index (χ4n) is 4.11. The van der Waals surface area contributed by atoms with Gasteiger partial charge in [0.05, 0.1) is 0 Å². The van der Waals surface area contributed by atoms with Crippen molar-refractivity contribution in [2.24, 2.45) is 0 Å². The highest BCUT2D eigenvalue weighted by molar-refractivity contribution is 6.04. The number of rotatable bonds is 5. The molecule has 0 atom stereocenters. The average molecular weight is 426 g/mol. The molecule has 0 saturated carbocycles. The maximum absolute atomic E-state index is 13.1. The fourth-order valence-corrected chi connectivity index (χ4v) is 4.11. The lowest BCUT2D eigenvalue weighted by Crippen LogP contribution is -2.18. The smallest absolute Gasteiger partial charge is 0.256 e. The summed E-state index contributed by atoms with van der Waals surface area (Å²) in [6.45, 7) is 3.23. The summed E-state index contributed by atoms with van der Waals surface area (Å²) in [4.78, 5) is 23.7. The number of pyridine rings is 2. The van der Waals surface area contributed by atoms with E-state index < -0.39 is 0 Å². The molecule has 5 nitrogen and oxygen atoms in total. The zero-order valence-corrected chi connectivity index (χ0v) is 17.6. The number of aromatic nitrogens is 2. The van der Waals surface area contributed by atoms with Gasteiger partial charge in [0.25, 0.3) is 5.91 Å². The number of nitrogens with zero attached hydrogens (tertiary/aromatic N) is 3. The van der Waals surface area contributed by atoms with E-state index in [4.69, 9.17) is 0 Å². The first-order valence-electron chi connectivity index (χ1n) is 10.8. The Morgan fingerprint density at radius 2 is 1.72 bits per heavy atom. The van der Waals surface area contributed by atoms with Crippen LogP contribution in [0.5, 0.6) is 0 Å². The molecular formula is C26H23FN4O. The zero-order valence-electron chi connectivity index (χ0n) is 17.6. The van der Waals surface area contributed by atoms with Gasteiger partial charge < -0.3 is 5.32 Å². The van der Waals surface area contributed by atoms with E-state index in [0.29, 0.717) is 11.4 Å². The molecule has 1 saturated heterocycles. The molecule has 1 aliphatic rings. The summed E-state index contributed by atoms with van der Waals surface area (Å²) in [5, 5.41) is 4.74. The third kappa shape index (κ3) is 4.50. The quantitative estimate of drug-likeness (QED) is 0.471. The molecule has 32 heavy (non-hydrogen) atoms. The molecule has 2 aromatic heterocycles. The summed E-state index contributed by atoms with van der Waals surface area (Å²) in [5.74, 6) is -0.256. The molecule has 3 heterocycles. The molecule has 5 rings (SSSR count). The van der Waals surface area contributed by atoms with Crippen LogP contribution in [0.4, 0.5) is 10.2 Å². The normalized spacial score (nSPS) is 14.0. The molecule has 1 fully saturated rings. The Hall–Kier alpha value is -3.64. The van der Waals surface area contributed by atoms with E-state index in [2.05, 4.69) is 38.4 Å². The maximum atomic E-state index is 13.1. The van der Waals surface area contributed by atoms with Gasteiger partial charge in [-0.05, 0) is 84.9 Å². The predicted octanol–water partition coefficient (Wildman–Crippen LogP) is 5.28. The highest BCUT2D eigenvalue weighted by Gasteiger charge is 2.13. The lowest BCUT2D eigenvalue weighted by Gasteiger charge is -2.15. The van der Waals surface area contributed by atoms with Crippen LogP contribution in [0.15, 0.2) is 73.2 Å². The third-order valence-corrected chi connectivity index (χ3v) is 5.80. The number of hydrogen-bond donors (Lipinski definition) is 1. The fraction of sp³-hybridized carbons (Fsp3) is 0.192. The van der Waals surface area contributed by atoms with Crippen LogP contribution in [-0.2, 0) is 6.54 Å². The van der Waals surface area contributed by atoms with E-state index in [-0.39, 0.29) is 11.7 Å². The lowest BCUT2D eigenvalue weighted by molar-refractivity contribution is 0.102. The Kier molecular flexibility index (Phi) is 5.60. The van der Waals surface area contributed by atoms with E-state index in [0.717, 1.165) is 41.5 Å². The Morgan fingerprint density at radius 1 is 0.906 bits per heavy atom. The van der Waals surface area contributed by atoms with E-state index in [1.807, 2.05) is 24.5 Å². The minimum absolute atomic E-state index is 0.327. The van der Waals surface area contributed by atoms with Crippen LogP contribution in [0.25, 0.3) is 21.9 Å². The van der Waals surface area contributed by atoms with E-state index in [1.54, 1.807) is 6.20 Å². The Labute approximate surface area is 185 Å². The largest absolute Gasteiger partial charge is 0.307 e. The summed E-state index contributed by atoms with van der Waals surface area (Å²) in [7, 11) is 0. The van der Waals surface area contributed by atoms with E-state index in [9.17, 15) is 9.18 Å². The van der Waals surface area contributed by atoms with Gasteiger partial charge >= 0.3 is 0 Å². The van der Waals surface area contributed by atoms with Crippen molar-refractivity contribution in [1.29, 1.82) is 0 Å². The number of hydrogen-bond acceptors (Lipinski definition) is 4. The summed E-state index contributed by atoms with van der Waals surface area (Å²) in [6, 6.07) is 15.7. The molecule has 0 unspecified atom stereocenters. The first kappa shape index (κ1) is 20.3. The Morgan fingerprint density at radius 3 is 2.53 bits per heavy atom. The highest BCUT2D eigenvalue weighted by atomic mass is 19.1. The van der Waals surface area contributed by atoms with Crippen molar-refractivity contribution < 1.29 is 9.18 Å². The van der Waals surface area contributed by atoms with E-state index >= 15 is 0 Å². The molecule has 6 heteroatoms. The summed E-state index contributed by atoms with van der Waals surface area (Å²) in [5.41, 5.74) is 3.72. The maximum Gasteiger partial charge on any atom is 0.256 e. The van der Waals surface area contributed by atoms with Gasteiger partial charge in [0.1, 0.15) is 11.6 Å². The van der Waals surface area contributed by atoms with Gasteiger partial charge in [0.2, 0.25) is 0 Å². The number of anilines is 1. The number of benzene rings is 2. The molecule has 4 aromatic rings. The van der Waals surface area contributed by atoms with Crippen molar-refractivity contribution in [1.82, 2.24) is 14.9 Å². The van der Waals surface area contributed by atoms with Crippen LogP contribution in [0, 0.1) is 5.82 Å². The van der Waals surface area contributed by atoms with Crippen molar-refractivity contribution in [3.8, 4) is 11.1 Å². The van der Waals surface area contributed by atoms with Gasteiger partial charge in [-0.25, -0.2) is 9.37 Å². The first-order valence-corrected chi connectivity index (χ1v) is 10.8. The number of halogens is 1. The van der Waals surface area contributed by atoms with Crippen molar-refractivity contribution in [3.63, 3.8) is 0 Å². The van der Waals surface area contributed by atoms with Crippen LogP contribution in [0.3, 0.4) is 0 Å². The number of amides is 1. The number of carbonyl (C=O) groups is 1. The molecule has 0 aliphatic carbocycles. The van der Waals surface area contributed by atoms with Gasteiger partial charge in [-0.3, -0.25) is 14.7 Å². The monoisotopic (exact) mass is 426 g/mol. The lowest BCUT2D eigenvalue weighted by atomic mass is 10.0. The molecule has 1 amide bonds. The minimum atomic E-state index is -0.378. The number of likely N-dealkylation sites (tertiary alicyclic amines) is 1. The Balaban J connectivity index is 1.38. The van der Waals surface area contributed by atoms with Gasteiger partial charge in [0, 0.05) is 41.6 Å². The summed E-state index contributed by atoms with van der Waals surface area (Å²) in [6.07, 6.45) is 8.10. The highest BCUT2D eigenvalue weighted by Crippen LogP contribution is 2.26. The summed E-state index contributed by atoms with van der Waals surface area (Å²) < 4.78 is 13.1. The van der Waals surface area contributed by atoms with Gasteiger partial charge in [-0.2, -0.15) is 0 Å². The average Bonchev–Trinajstić information content (AvgIpc) is 3.32. The molecule has 1 N–H and O–H groups in total. The number of fused-ring (bicyclic) bond motifs is 1. The van der Waals surface area contributed by atoms with Gasteiger partial charge in [0.15, 0.2) is 0 Å². The molecular weight excluding hydrogens is 403 g/mol. The van der Waals surface area contributed by atoms with Crippen LogP contribution >= 0.6 is 0 Å². The van der Waals surface area contributed by atoms with Crippen LogP contribution in [0.1, 0.15) is 28.8 Å². The molecule has 1 aliphatic heterocycles. The number of nitrogens with one attached hydrogen (secondary N) is 1. The summed E-state index contributed by atoms with van der Waals surface area (Å²) >= 11 is 0. The zero-order chi connectivity index (χ0) is 21.9. The topological polar surface area (TPSA) is 58.1 Å². The van der Waals surface area contributed by atoms with Gasteiger partial charge in [-0.15, -0.1) is 0 Å². The van der Waals surface area contributed by atoms with Gasteiger partial charge in [-0.1, -0.05) is 12.1 Å². The van der Waals surface area contributed by atoms with Crippen LogP contribution < -0.4 is 5.32 Å². The number of carbonyl (C=O) groups excluding carboxylic acids is 1. The van der Waals surface area contributed by atoms with Crippen molar-refractivity contribution >= 4 is 22.5 Å². The minimum Gasteiger partial charge on any atom is -0.307 e. The van der Waals surface area contributed by atoms with Crippen molar-refractivity contribution in [3.05, 3.63) is 90.1 Å². The standard InChI is InChI=1S/C26H23FN4O/c27-24-7-5-19(6-8-24)26(32)30-25-13-22-12-20(3-4-21(22)16-29-25)23-11-18(14-28-15-23)17-31-9-1-2-10-31/h3-8,11-16H,1-2,9-10,17H2,(H,29,30,32). The Bertz CT molecular complexity index is 1270. The molecule has 2 aromatic carbocycles. The van der Waals surface area contributed by atoms with Crippen molar-refractivity contribution in [2.45, 2.75) is 19.4 Å². The second-order valence-electron chi connectivity index (χ2n) is 8.16. The van der Waals surface area contributed by atoms with Crippen LogP contribution in [0.2, 0.25) is 0 Å². The van der Waals surface area contributed by atoms with Crippen molar-refractivity contribution in [2.75, 3.05) is 18.4 Å². The molecule has 0 radical (unpaired) electrons. The second kappa shape index (κ2) is 8.85. The predicted molar refractivity (Wildman–Crippen MR) is 124 cm³/mol. The first-order chi connectivity index (χ1) is 15.6.